The van der Waals surface area contributed by atoms with Crippen molar-refractivity contribution in [3.05, 3.63) is 112 Å². The summed E-state index contributed by atoms with van der Waals surface area (Å²) in [6.45, 7) is -0.842. The third kappa shape index (κ3) is 6.68. The highest BCUT2D eigenvalue weighted by molar-refractivity contribution is 6.01. The molecule has 12 heteroatoms. The number of hydrogen-bond donors (Lipinski definition) is 6. The fraction of sp³-hybridized carbons (Fsp3) is 0.222. The van der Waals surface area contributed by atoms with Crippen LogP contribution in [0.3, 0.4) is 0 Å². The van der Waals surface area contributed by atoms with E-state index in [9.17, 15) is 25.2 Å². The Labute approximate surface area is 276 Å². The Bertz CT molecular complexity index is 1900. The number of para-hydroxylation sites is 1. The fourth-order valence-corrected chi connectivity index (χ4v) is 5.64. The van der Waals surface area contributed by atoms with Crippen LogP contribution in [0.5, 0.6) is 17.2 Å². The summed E-state index contributed by atoms with van der Waals surface area (Å²) in [5, 5.41) is 49.8. The molecule has 0 aliphatic carbocycles. The summed E-state index contributed by atoms with van der Waals surface area (Å²) in [5.74, 6) is 1.69. The summed E-state index contributed by atoms with van der Waals surface area (Å²) in [6, 6.07) is 23.1. The Morgan fingerprint density at radius 2 is 1.44 bits per heavy atom. The van der Waals surface area contributed by atoms with Crippen LogP contribution in [0.25, 0.3) is 22.6 Å². The Hall–Kier alpha value is -5.40. The predicted molar refractivity (Wildman–Crippen MR) is 175 cm³/mol. The molecule has 6 rings (SSSR count). The lowest BCUT2D eigenvalue weighted by Crippen LogP contribution is -2.38. The highest BCUT2D eigenvalue weighted by Gasteiger charge is 2.25. The quantitative estimate of drug-likeness (QED) is 0.1000. The monoisotopic (exact) mass is 653 g/mol. The van der Waals surface area contributed by atoms with Gasteiger partial charge in [0.1, 0.15) is 30.8 Å². The fourth-order valence-electron chi connectivity index (χ4n) is 5.64. The molecule has 48 heavy (non-hydrogen) atoms. The molecular formula is C36H35N3O9. The molecule has 12 nitrogen and oxygen atoms in total. The average Bonchev–Trinajstić information content (AvgIpc) is 3.63. The zero-order valence-electron chi connectivity index (χ0n) is 26.1. The second kappa shape index (κ2) is 14.6. The third-order valence-corrected chi connectivity index (χ3v) is 8.12. The Morgan fingerprint density at radius 3 is 2.15 bits per heavy atom. The maximum absolute atomic E-state index is 12.6. The molecule has 6 N–H and O–H groups in total. The minimum Gasteiger partial charge on any atom is -0.493 e. The molecule has 0 fully saturated rings. The molecule has 1 amide bonds. The first kappa shape index (κ1) is 32.5. The van der Waals surface area contributed by atoms with Gasteiger partial charge in [0.25, 0.3) is 5.91 Å². The number of carbonyl (C=O) groups is 1. The number of rotatable bonds is 13. The van der Waals surface area contributed by atoms with E-state index >= 15 is 0 Å². The molecule has 1 atom stereocenters. The van der Waals surface area contributed by atoms with Crippen LogP contribution in [0.1, 0.15) is 44.3 Å². The number of aliphatic hydroxyl groups excluding tert-OH is 4. The normalized spacial score (nSPS) is 13.8. The van der Waals surface area contributed by atoms with Gasteiger partial charge in [-0.1, -0.05) is 23.4 Å². The number of aliphatic hydroxyl groups is 4. The summed E-state index contributed by atoms with van der Waals surface area (Å²) >= 11 is 0. The standard InChI is InChI=1S/C36H35N3O9/c1-45-32-9-6-21(30-16-33(48-39-30)23-13-24(17-40)28(20-43)25(14-23)18-41)15-34(32)47-11-10-46-31-8-7-22(12-26(31)19-42)35-37-29-5-3-2-4-27(29)36(44)38-35/h2-9,12-16,35,37,40-43H,10-11,17-20H2,1H3,(H,38,44). The number of amides is 1. The summed E-state index contributed by atoms with van der Waals surface area (Å²) in [6.07, 6.45) is -0.460. The van der Waals surface area contributed by atoms with E-state index in [0.29, 0.717) is 67.6 Å². The summed E-state index contributed by atoms with van der Waals surface area (Å²) in [5.41, 5.74) is 5.92. The van der Waals surface area contributed by atoms with Gasteiger partial charge in [-0.05, 0) is 76.9 Å². The SMILES string of the molecule is COc1ccc(-c2cc(-c3cc(CO)c(CO)c(CO)c3)on2)cc1OCCOc1ccc(C2NC(=O)c3ccccc3N2)cc1CO. The van der Waals surface area contributed by atoms with Gasteiger partial charge in [0.2, 0.25) is 0 Å². The van der Waals surface area contributed by atoms with Crippen molar-refractivity contribution in [2.45, 2.75) is 32.6 Å². The molecule has 1 aliphatic rings. The van der Waals surface area contributed by atoms with Gasteiger partial charge in [-0.2, -0.15) is 0 Å². The highest BCUT2D eigenvalue weighted by atomic mass is 16.5. The van der Waals surface area contributed by atoms with Crippen LogP contribution in [0, 0.1) is 0 Å². The molecule has 1 unspecified atom stereocenters. The number of aromatic nitrogens is 1. The van der Waals surface area contributed by atoms with E-state index in [1.165, 1.54) is 7.11 Å². The molecule has 1 aromatic heterocycles. The van der Waals surface area contributed by atoms with Crippen LogP contribution < -0.4 is 24.8 Å². The summed E-state index contributed by atoms with van der Waals surface area (Å²) in [7, 11) is 1.54. The van der Waals surface area contributed by atoms with E-state index < -0.39 is 6.17 Å². The van der Waals surface area contributed by atoms with Crippen LogP contribution >= 0.6 is 0 Å². The lowest BCUT2D eigenvalue weighted by atomic mass is 9.97. The molecule has 0 bridgehead atoms. The van der Waals surface area contributed by atoms with Crippen molar-refractivity contribution in [2.24, 2.45) is 0 Å². The first-order valence-electron chi connectivity index (χ1n) is 15.2. The average molecular weight is 654 g/mol. The van der Waals surface area contributed by atoms with Crippen LogP contribution in [-0.2, 0) is 26.4 Å². The number of benzene rings is 4. The second-order valence-corrected chi connectivity index (χ2v) is 11.0. The molecule has 1 aliphatic heterocycles. The number of hydrogen-bond acceptors (Lipinski definition) is 11. The van der Waals surface area contributed by atoms with Gasteiger partial charge in [-0.15, -0.1) is 0 Å². The molecule has 248 valence electrons. The van der Waals surface area contributed by atoms with Gasteiger partial charge in [-0.3, -0.25) is 4.79 Å². The van der Waals surface area contributed by atoms with Gasteiger partial charge >= 0.3 is 0 Å². The minimum absolute atomic E-state index is 0.165. The van der Waals surface area contributed by atoms with Crippen LogP contribution in [0.4, 0.5) is 5.69 Å². The Kier molecular flexibility index (Phi) is 9.88. The molecule has 0 radical (unpaired) electrons. The summed E-state index contributed by atoms with van der Waals surface area (Å²) < 4.78 is 23.1. The van der Waals surface area contributed by atoms with E-state index in [1.807, 2.05) is 30.3 Å². The van der Waals surface area contributed by atoms with Gasteiger partial charge in [0, 0.05) is 28.4 Å². The predicted octanol–water partition coefficient (Wildman–Crippen LogP) is 4.30. The number of methoxy groups -OCH3 is 1. The maximum atomic E-state index is 12.6. The van der Waals surface area contributed by atoms with Crippen molar-refractivity contribution in [2.75, 3.05) is 25.6 Å². The highest BCUT2D eigenvalue weighted by Crippen LogP contribution is 2.35. The van der Waals surface area contributed by atoms with Gasteiger partial charge in [0.05, 0.1) is 39.1 Å². The molecular weight excluding hydrogens is 618 g/mol. The topological polar surface area (TPSA) is 176 Å². The minimum atomic E-state index is -0.460. The number of anilines is 1. The van der Waals surface area contributed by atoms with Crippen LogP contribution in [0.15, 0.2) is 83.4 Å². The van der Waals surface area contributed by atoms with E-state index in [4.69, 9.17) is 18.7 Å². The van der Waals surface area contributed by atoms with Crippen molar-refractivity contribution in [3.63, 3.8) is 0 Å². The lowest BCUT2D eigenvalue weighted by Gasteiger charge is -2.28. The largest absolute Gasteiger partial charge is 0.493 e. The Balaban J connectivity index is 1.12. The van der Waals surface area contributed by atoms with Crippen molar-refractivity contribution in [1.82, 2.24) is 10.5 Å². The van der Waals surface area contributed by atoms with E-state index in [0.717, 1.165) is 11.3 Å². The number of ether oxygens (including phenoxy) is 3. The molecule has 0 spiro atoms. The third-order valence-electron chi connectivity index (χ3n) is 8.12. The number of nitrogens with one attached hydrogen (secondary N) is 2. The van der Waals surface area contributed by atoms with E-state index in [-0.39, 0.29) is 45.5 Å². The van der Waals surface area contributed by atoms with Crippen molar-refractivity contribution < 1.29 is 44.0 Å². The zero-order chi connectivity index (χ0) is 33.6. The smallest absolute Gasteiger partial charge is 0.255 e. The van der Waals surface area contributed by atoms with Crippen molar-refractivity contribution >= 4 is 11.6 Å². The summed E-state index contributed by atoms with van der Waals surface area (Å²) in [4.78, 5) is 12.6. The molecule has 2 heterocycles. The van der Waals surface area contributed by atoms with Crippen LogP contribution in [0.2, 0.25) is 0 Å². The zero-order valence-corrected chi connectivity index (χ0v) is 26.1. The number of nitrogens with zero attached hydrogens (tertiary/aromatic N) is 1. The number of carbonyl (C=O) groups excluding carboxylic acids is 1. The van der Waals surface area contributed by atoms with Gasteiger partial charge in [-0.25, -0.2) is 0 Å². The second-order valence-electron chi connectivity index (χ2n) is 11.0. The van der Waals surface area contributed by atoms with Crippen molar-refractivity contribution in [1.29, 1.82) is 0 Å². The van der Waals surface area contributed by atoms with Gasteiger partial charge in [0.15, 0.2) is 17.3 Å². The first-order valence-corrected chi connectivity index (χ1v) is 15.2. The number of fused-ring (bicyclic) bond motifs is 1. The van der Waals surface area contributed by atoms with Crippen LogP contribution in [-0.4, -0.2) is 51.8 Å². The molecule has 0 saturated carbocycles. The molecule has 0 saturated heterocycles. The first-order chi connectivity index (χ1) is 23.5. The Morgan fingerprint density at radius 1 is 0.729 bits per heavy atom. The van der Waals surface area contributed by atoms with Gasteiger partial charge < -0.3 is 49.8 Å². The van der Waals surface area contributed by atoms with E-state index in [2.05, 4.69) is 15.8 Å². The maximum Gasteiger partial charge on any atom is 0.255 e. The molecule has 5 aromatic rings. The van der Waals surface area contributed by atoms with E-state index in [1.54, 1.807) is 48.5 Å². The van der Waals surface area contributed by atoms with Crippen molar-refractivity contribution in [3.8, 4) is 39.8 Å². The lowest BCUT2D eigenvalue weighted by molar-refractivity contribution is 0.0935. The molecule has 4 aromatic carbocycles.